The van der Waals surface area contributed by atoms with Gasteiger partial charge in [0.05, 0.1) is 6.54 Å². The van der Waals surface area contributed by atoms with Gasteiger partial charge in [-0.1, -0.05) is 17.7 Å². The Morgan fingerprint density at radius 3 is 3.00 bits per heavy atom. The van der Waals surface area contributed by atoms with Gasteiger partial charge in [0.25, 0.3) is 0 Å². The van der Waals surface area contributed by atoms with Crippen LogP contribution in [0.15, 0.2) is 24.3 Å². The predicted molar refractivity (Wildman–Crippen MR) is 66.5 cm³/mol. The average Bonchev–Trinajstić information content (AvgIpc) is 3.08. The lowest BCUT2D eigenvalue weighted by Crippen LogP contribution is -2.38. The molecule has 0 radical (unpaired) electrons. The molecule has 0 aliphatic heterocycles. The molecular formula is C12H15ClN2O2. The van der Waals surface area contributed by atoms with E-state index in [2.05, 4.69) is 10.6 Å². The number of hydrogen-bond donors (Lipinski definition) is 2. The van der Waals surface area contributed by atoms with Gasteiger partial charge in [0, 0.05) is 11.1 Å². The maximum absolute atomic E-state index is 11.3. The second-order valence-corrected chi connectivity index (χ2v) is 4.42. The zero-order valence-corrected chi connectivity index (χ0v) is 10.2. The van der Waals surface area contributed by atoms with Crippen molar-refractivity contribution in [3.8, 4) is 5.75 Å². The van der Waals surface area contributed by atoms with E-state index in [9.17, 15) is 4.79 Å². The predicted octanol–water partition coefficient (Wildman–Crippen LogP) is 2.18. The van der Waals surface area contributed by atoms with Crippen molar-refractivity contribution in [3.63, 3.8) is 0 Å². The summed E-state index contributed by atoms with van der Waals surface area (Å²) < 4.78 is 5.43. The van der Waals surface area contributed by atoms with Crippen LogP contribution in [-0.2, 0) is 0 Å². The van der Waals surface area contributed by atoms with Crippen LogP contribution in [0.1, 0.15) is 12.8 Å². The molecule has 1 saturated carbocycles. The normalized spacial score (nSPS) is 14.2. The third-order valence-electron chi connectivity index (χ3n) is 2.36. The van der Waals surface area contributed by atoms with Crippen molar-refractivity contribution in [1.82, 2.24) is 10.6 Å². The fourth-order valence-electron chi connectivity index (χ4n) is 1.35. The molecule has 5 heteroatoms. The monoisotopic (exact) mass is 254 g/mol. The standard InChI is InChI=1S/C12H15ClN2O2/c13-9-2-1-3-11(8-9)17-7-6-14-12(16)15-10-4-5-10/h1-3,8,10H,4-7H2,(H2,14,15,16). The summed E-state index contributed by atoms with van der Waals surface area (Å²) in [5, 5.41) is 6.21. The van der Waals surface area contributed by atoms with Gasteiger partial charge >= 0.3 is 6.03 Å². The quantitative estimate of drug-likeness (QED) is 0.792. The zero-order valence-electron chi connectivity index (χ0n) is 9.41. The van der Waals surface area contributed by atoms with Gasteiger partial charge in [-0.05, 0) is 31.0 Å². The van der Waals surface area contributed by atoms with Crippen LogP contribution in [0, 0.1) is 0 Å². The summed E-state index contributed by atoms with van der Waals surface area (Å²) in [6.07, 6.45) is 2.18. The first-order valence-corrected chi connectivity index (χ1v) is 6.04. The Balaban J connectivity index is 1.60. The van der Waals surface area contributed by atoms with Crippen molar-refractivity contribution in [2.45, 2.75) is 18.9 Å². The second kappa shape index (κ2) is 5.77. The number of urea groups is 1. The van der Waals surface area contributed by atoms with Gasteiger partial charge in [-0.3, -0.25) is 0 Å². The molecule has 1 aromatic carbocycles. The molecular weight excluding hydrogens is 240 g/mol. The van der Waals surface area contributed by atoms with Crippen LogP contribution in [0.25, 0.3) is 0 Å². The Labute approximate surface area is 105 Å². The van der Waals surface area contributed by atoms with Gasteiger partial charge in [0.1, 0.15) is 12.4 Å². The summed E-state index contributed by atoms with van der Waals surface area (Å²) in [6, 6.07) is 7.44. The van der Waals surface area contributed by atoms with E-state index in [1.165, 1.54) is 0 Å². The molecule has 1 aliphatic rings. The molecule has 17 heavy (non-hydrogen) atoms. The minimum Gasteiger partial charge on any atom is -0.492 e. The van der Waals surface area contributed by atoms with Crippen molar-refractivity contribution in [2.24, 2.45) is 0 Å². The maximum Gasteiger partial charge on any atom is 0.315 e. The molecule has 1 fully saturated rings. The molecule has 0 heterocycles. The van der Waals surface area contributed by atoms with Gasteiger partial charge in [-0.25, -0.2) is 4.79 Å². The van der Waals surface area contributed by atoms with E-state index in [-0.39, 0.29) is 6.03 Å². The number of halogens is 1. The number of amides is 2. The van der Waals surface area contributed by atoms with Crippen molar-refractivity contribution >= 4 is 17.6 Å². The van der Waals surface area contributed by atoms with E-state index in [0.717, 1.165) is 12.8 Å². The first kappa shape index (κ1) is 12.0. The minimum absolute atomic E-state index is 0.123. The molecule has 92 valence electrons. The molecule has 0 aromatic heterocycles. The smallest absolute Gasteiger partial charge is 0.315 e. The van der Waals surface area contributed by atoms with Gasteiger partial charge < -0.3 is 15.4 Å². The van der Waals surface area contributed by atoms with E-state index in [0.29, 0.717) is 30.0 Å². The number of nitrogens with one attached hydrogen (secondary N) is 2. The molecule has 4 nitrogen and oxygen atoms in total. The molecule has 0 spiro atoms. The number of carbonyl (C=O) groups excluding carboxylic acids is 1. The number of rotatable bonds is 5. The number of hydrogen-bond acceptors (Lipinski definition) is 2. The molecule has 0 bridgehead atoms. The van der Waals surface area contributed by atoms with Crippen LogP contribution in [0.4, 0.5) is 4.79 Å². The van der Waals surface area contributed by atoms with Crippen LogP contribution < -0.4 is 15.4 Å². The Morgan fingerprint density at radius 2 is 2.29 bits per heavy atom. The highest BCUT2D eigenvalue weighted by Crippen LogP contribution is 2.18. The fourth-order valence-corrected chi connectivity index (χ4v) is 1.53. The lowest BCUT2D eigenvalue weighted by atomic mass is 10.3. The summed E-state index contributed by atoms with van der Waals surface area (Å²) in [5.41, 5.74) is 0. The average molecular weight is 255 g/mol. The van der Waals surface area contributed by atoms with Crippen molar-refractivity contribution in [2.75, 3.05) is 13.2 Å². The second-order valence-electron chi connectivity index (χ2n) is 3.98. The van der Waals surface area contributed by atoms with E-state index < -0.39 is 0 Å². The first-order valence-electron chi connectivity index (χ1n) is 5.67. The van der Waals surface area contributed by atoms with Crippen LogP contribution >= 0.6 is 11.6 Å². The Hall–Kier alpha value is -1.42. The molecule has 0 unspecified atom stereocenters. The minimum atomic E-state index is -0.123. The summed E-state index contributed by atoms with van der Waals surface area (Å²) in [5.74, 6) is 0.710. The zero-order chi connectivity index (χ0) is 12.1. The van der Waals surface area contributed by atoms with Crippen LogP contribution in [-0.4, -0.2) is 25.2 Å². The summed E-state index contributed by atoms with van der Waals surface area (Å²) in [4.78, 5) is 11.3. The molecule has 2 rings (SSSR count). The molecule has 1 aliphatic carbocycles. The van der Waals surface area contributed by atoms with E-state index in [4.69, 9.17) is 16.3 Å². The molecule has 2 N–H and O–H groups in total. The summed E-state index contributed by atoms with van der Waals surface area (Å²) >= 11 is 5.81. The van der Waals surface area contributed by atoms with E-state index in [1.807, 2.05) is 12.1 Å². The Bertz CT molecular complexity index is 394. The van der Waals surface area contributed by atoms with Crippen LogP contribution in [0.3, 0.4) is 0 Å². The molecule has 0 atom stereocenters. The lowest BCUT2D eigenvalue weighted by Gasteiger charge is -2.08. The third-order valence-corrected chi connectivity index (χ3v) is 2.60. The number of carbonyl (C=O) groups is 1. The maximum atomic E-state index is 11.3. The van der Waals surface area contributed by atoms with Crippen LogP contribution in [0.5, 0.6) is 5.75 Å². The van der Waals surface area contributed by atoms with Gasteiger partial charge in [0.2, 0.25) is 0 Å². The van der Waals surface area contributed by atoms with Crippen molar-refractivity contribution in [1.29, 1.82) is 0 Å². The van der Waals surface area contributed by atoms with Crippen molar-refractivity contribution < 1.29 is 9.53 Å². The van der Waals surface area contributed by atoms with E-state index >= 15 is 0 Å². The Kier molecular flexibility index (Phi) is 4.09. The first-order chi connectivity index (χ1) is 8.24. The summed E-state index contributed by atoms with van der Waals surface area (Å²) in [6.45, 7) is 0.906. The topological polar surface area (TPSA) is 50.4 Å². The summed E-state index contributed by atoms with van der Waals surface area (Å²) in [7, 11) is 0. The van der Waals surface area contributed by atoms with Gasteiger partial charge in [-0.2, -0.15) is 0 Å². The number of ether oxygens (including phenoxy) is 1. The van der Waals surface area contributed by atoms with Crippen LogP contribution in [0.2, 0.25) is 5.02 Å². The molecule has 1 aromatic rings. The highest BCUT2D eigenvalue weighted by atomic mass is 35.5. The SMILES string of the molecule is O=C(NCCOc1cccc(Cl)c1)NC1CC1. The third kappa shape index (κ3) is 4.53. The molecule has 2 amide bonds. The fraction of sp³-hybridized carbons (Fsp3) is 0.417. The van der Waals surface area contributed by atoms with Crippen molar-refractivity contribution in [3.05, 3.63) is 29.3 Å². The highest BCUT2D eigenvalue weighted by Gasteiger charge is 2.22. The van der Waals surface area contributed by atoms with Gasteiger partial charge in [0.15, 0.2) is 0 Å². The number of benzene rings is 1. The highest BCUT2D eigenvalue weighted by molar-refractivity contribution is 6.30. The lowest BCUT2D eigenvalue weighted by molar-refractivity contribution is 0.236. The Morgan fingerprint density at radius 1 is 1.47 bits per heavy atom. The largest absolute Gasteiger partial charge is 0.492 e. The van der Waals surface area contributed by atoms with Gasteiger partial charge in [-0.15, -0.1) is 0 Å². The molecule has 0 saturated heterocycles. The van der Waals surface area contributed by atoms with E-state index in [1.54, 1.807) is 12.1 Å².